The number of hydrogen-bond acceptors (Lipinski definition) is 2. The van der Waals surface area contributed by atoms with Gasteiger partial charge in [0, 0.05) is 5.56 Å². The maximum atomic E-state index is 5.14. The van der Waals surface area contributed by atoms with Crippen LogP contribution in [-0.4, -0.2) is 12.3 Å². The van der Waals surface area contributed by atoms with Gasteiger partial charge in [0.15, 0.2) is 0 Å². The summed E-state index contributed by atoms with van der Waals surface area (Å²) in [4.78, 5) is 5.14. The molecular weight excluding hydrogens is 198 g/mol. The summed E-state index contributed by atoms with van der Waals surface area (Å²) in [6.45, 7) is 7.06. The quantitative estimate of drug-likeness (QED) is 0.710. The van der Waals surface area contributed by atoms with Gasteiger partial charge < -0.3 is 4.84 Å². The molecule has 1 aliphatic rings. The summed E-state index contributed by atoms with van der Waals surface area (Å²) in [6.07, 6.45) is 2.11. The van der Waals surface area contributed by atoms with Gasteiger partial charge in [0.2, 0.25) is 0 Å². The molecule has 2 rings (SSSR count). The average molecular weight is 217 g/mol. The van der Waals surface area contributed by atoms with Gasteiger partial charge in [-0.1, -0.05) is 37.2 Å². The molecule has 16 heavy (non-hydrogen) atoms. The van der Waals surface area contributed by atoms with Crippen molar-refractivity contribution in [2.45, 2.75) is 39.5 Å². The number of nitrogens with zero attached hydrogens (tertiary/aromatic N) is 1. The van der Waals surface area contributed by atoms with E-state index in [2.05, 4.69) is 37.2 Å². The molecule has 0 spiro atoms. The van der Waals surface area contributed by atoms with Crippen LogP contribution in [0.2, 0.25) is 0 Å². The lowest BCUT2D eigenvalue weighted by molar-refractivity contribution is 0.158. The molecule has 0 radical (unpaired) electrons. The molecule has 1 aromatic carbocycles. The molecule has 0 amide bonds. The molecule has 0 saturated carbocycles. The van der Waals surface area contributed by atoms with Crippen molar-refractivity contribution in [3.8, 4) is 0 Å². The molecule has 0 fully saturated rings. The number of aryl methyl sites for hydroxylation is 1. The molecule has 0 N–H and O–H groups in total. The van der Waals surface area contributed by atoms with Crippen LogP contribution in [0.3, 0.4) is 0 Å². The smallest absolute Gasteiger partial charge is 0.114 e. The third kappa shape index (κ3) is 2.11. The van der Waals surface area contributed by atoms with Gasteiger partial charge in [-0.15, -0.1) is 0 Å². The average Bonchev–Trinajstić information content (AvgIpc) is 2.68. The number of oxime groups is 1. The highest BCUT2D eigenvalue weighted by Gasteiger charge is 2.18. The predicted octanol–water partition coefficient (Wildman–Crippen LogP) is 3.50. The van der Waals surface area contributed by atoms with Crippen molar-refractivity contribution in [1.29, 1.82) is 0 Å². The van der Waals surface area contributed by atoms with Gasteiger partial charge in [0.05, 0.1) is 5.71 Å². The van der Waals surface area contributed by atoms with Crippen LogP contribution in [-0.2, 0) is 11.3 Å². The van der Waals surface area contributed by atoms with E-state index in [1.807, 2.05) is 6.92 Å². The minimum absolute atomic E-state index is 0.596. The summed E-state index contributed by atoms with van der Waals surface area (Å²) >= 11 is 0. The second kappa shape index (κ2) is 4.69. The summed E-state index contributed by atoms with van der Waals surface area (Å²) in [5.74, 6) is 0.596. The minimum Gasteiger partial charge on any atom is -0.396 e. The maximum Gasteiger partial charge on any atom is 0.114 e. The van der Waals surface area contributed by atoms with Gasteiger partial charge >= 0.3 is 0 Å². The van der Waals surface area contributed by atoms with Gasteiger partial charge in [-0.05, 0) is 36.8 Å². The van der Waals surface area contributed by atoms with Crippen LogP contribution in [0.25, 0.3) is 0 Å². The third-order valence-electron chi connectivity index (χ3n) is 3.04. The molecule has 2 nitrogen and oxygen atoms in total. The van der Waals surface area contributed by atoms with E-state index < -0.39 is 0 Å². The van der Waals surface area contributed by atoms with Crippen LogP contribution >= 0.6 is 0 Å². The topological polar surface area (TPSA) is 21.6 Å². The Bertz CT molecular complexity index is 407. The second-order valence-corrected chi connectivity index (χ2v) is 4.53. The molecule has 0 aromatic heterocycles. The lowest BCUT2D eigenvalue weighted by Gasteiger charge is -2.07. The first kappa shape index (κ1) is 11.2. The molecule has 2 heteroatoms. The lowest BCUT2D eigenvalue weighted by Crippen LogP contribution is -1.97. The number of benzene rings is 1. The van der Waals surface area contributed by atoms with Crippen molar-refractivity contribution in [3.63, 3.8) is 0 Å². The first-order chi connectivity index (χ1) is 7.72. The molecule has 0 aliphatic heterocycles. The van der Waals surface area contributed by atoms with Crippen molar-refractivity contribution in [2.75, 3.05) is 6.61 Å². The highest BCUT2D eigenvalue weighted by Crippen LogP contribution is 2.26. The lowest BCUT2D eigenvalue weighted by atomic mass is 9.98. The Labute approximate surface area is 97.3 Å². The standard InChI is InChI=1S/C14H19NO/c1-4-16-15-14-8-6-12-9-11(10(2)3)5-7-13(12)14/h5,7,9-10H,4,6,8H2,1-3H3/b15-14+. The Kier molecular flexibility index (Phi) is 3.28. The van der Waals surface area contributed by atoms with E-state index in [0.29, 0.717) is 12.5 Å². The zero-order chi connectivity index (χ0) is 11.5. The van der Waals surface area contributed by atoms with Crippen LogP contribution in [0.4, 0.5) is 0 Å². The second-order valence-electron chi connectivity index (χ2n) is 4.53. The highest BCUT2D eigenvalue weighted by molar-refractivity contribution is 6.04. The summed E-state index contributed by atoms with van der Waals surface area (Å²) in [6, 6.07) is 6.71. The van der Waals surface area contributed by atoms with Crippen LogP contribution in [0, 0.1) is 0 Å². The number of rotatable bonds is 3. The summed E-state index contributed by atoms with van der Waals surface area (Å²) in [5.41, 5.74) is 5.21. The van der Waals surface area contributed by atoms with E-state index in [1.54, 1.807) is 0 Å². The highest BCUT2D eigenvalue weighted by atomic mass is 16.6. The fourth-order valence-electron chi connectivity index (χ4n) is 2.09. The van der Waals surface area contributed by atoms with Gasteiger partial charge in [-0.25, -0.2) is 0 Å². The Balaban J connectivity index is 2.29. The first-order valence-corrected chi connectivity index (χ1v) is 6.04. The van der Waals surface area contributed by atoms with E-state index >= 15 is 0 Å². The molecule has 0 bridgehead atoms. The van der Waals surface area contributed by atoms with E-state index in [-0.39, 0.29) is 0 Å². The van der Waals surface area contributed by atoms with Crippen molar-refractivity contribution in [1.82, 2.24) is 0 Å². The Hall–Kier alpha value is -1.31. The Morgan fingerprint density at radius 2 is 2.12 bits per heavy atom. The van der Waals surface area contributed by atoms with E-state index in [1.165, 1.54) is 16.7 Å². The summed E-state index contributed by atoms with van der Waals surface area (Å²) in [5, 5.41) is 4.17. The normalized spacial score (nSPS) is 16.9. The van der Waals surface area contributed by atoms with Crippen LogP contribution < -0.4 is 0 Å². The zero-order valence-corrected chi connectivity index (χ0v) is 10.3. The molecule has 0 unspecified atom stereocenters. The summed E-state index contributed by atoms with van der Waals surface area (Å²) in [7, 11) is 0. The Morgan fingerprint density at radius 1 is 1.31 bits per heavy atom. The third-order valence-corrected chi connectivity index (χ3v) is 3.04. The molecule has 0 saturated heterocycles. The SMILES string of the molecule is CCO/N=C1\CCc2cc(C(C)C)ccc21. The van der Waals surface area contributed by atoms with Crippen LogP contribution in [0.15, 0.2) is 23.4 Å². The maximum absolute atomic E-state index is 5.14. The van der Waals surface area contributed by atoms with Crippen molar-refractivity contribution in [3.05, 3.63) is 34.9 Å². The number of hydrogen-bond donors (Lipinski definition) is 0. The predicted molar refractivity (Wildman–Crippen MR) is 67.0 cm³/mol. The molecule has 1 aromatic rings. The molecular formula is C14H19NO. The zero-order valence-electron chi connectivity index (χ0n) is 10.3. The van der Waals surface area contributed by atoms with Gasteiger partial charge in [-0.2, -0.15) is 0 Å². The molecule has 1 aliphatic carbocycles. The largest absolute Gasteiger partial charge is 0.396 e. The fraction of sp³-hybridized carbons (Fsp3) is 0.500. The van der Waals surface area contributed by atoms with Crippen molar-refractivity contribution < 1.29 is 4.84 Å². The Morgan fingerprint density at radius 3 is 2.81 bits per heavy atom. The van der Waals surface area contributed by atoms with Gasteiger partial charge in [0.1, 0.15) is 6.61 Å². The van der Waals surface area contributed by atoms with Gasteiger partial charge in [-0.3, -0.25) is 0 Å². The van der Waals surface area contributed by atoms with E-state index in [0.717, 1.165) is 18.6 Å². The first-order valence-electron chi connectivity index (χ1n) is 6.04. The molecule has 0 atom stereocenters. The van der Waals surface area contributed by atoms with E-state index in [9.17, 15) is 0 Å². The molecule has 0 heterocycles. The van der Waals surface area contributed by atoms with Crippen molar-refractivity contribution in [2.24, 2.45) is 5.16 Å². The van der Waals surface area contributed by atoms with Crippen LogP contribution in [0.5, 0.6) is 0 Å². The van der Waals surface area contributed by atoms with E-state index in [4.69, 9.17) is 4.84 Å². The van der Waals surface area contributed by atoms with Gasteiger partial charge in [0.25, 0.3) is 0 Å². The minimum atomic E-state index is 0.596. The summed E-state index contributed by atoms with van der Waals surface area (Å²) < 4.78 is 0. The monoisotopic (exact) mass is 217 g/mol. The fourth-order valence-corrected chi connectivity index (χ4v) is 2.09. The molecule has 86 valence electrons. The van der Waals surface area contributed by atoms with Crippen molar-refractivity contribution >= 4 is 5.71 Å². The number of fused-ring (bicyclic) bond motifs is 1. The van der Waals surface area contributed by atoms with Crippen LogP contribution in [0.1, 0.15) is 49.8 Å².